The lowest BCUT2D eigenvalue weighted by atomic mass is 10.2. The first-order valence-corrected chi connectivity index (χ1v) is 12.9. The molecule has 4 rings (SSSR count). The lowest BCUT2D eigenvalue weighted by Crippen LogP contribution is -2.49. The molecule has 9 nitrogen and oxygen atoms in total. The van der Waals surface area contributed by atoms with E-state index < -0.39 is 19.9 Å². The number of sulfonamides is 1. The van der Waals surface area contributed by atoms with E-state index in [0.29, 0.717) is 32.6 Å². The maximum atomic E-state index is 12.8. The van der Waals surface area contributed by atoms with Crippen molar-refractivity contribution in [2.75, 3.05) is 42.6 Å². The molecule has 11 heteroatoms. The van der Waals surface area contributed by atoms with Gasteiger partial charge in [0.1, 0.15) is 4.90 Å². The lowest BCUT2D eigenvalue weighted by Gasteiger charge is -2.35. The minimum Gasteiger partial charge on any atom is -0.366 e. The summed E-state index contributed by atoms with van der Waals surface area (Å²) in [5.74, 6) is 0.335. The Morgan fingerprint density at radius 1 is 1.14 bits per heavy atom. The molecule has 2 fully saturated rings. The molecule has 29 heavy (non-hydrogen) atoms. The van der Waals surface area contributed by atoms with Gasteiger partial charge in [-0.25, -0.2) is 16.8 Å². The molecule has 2 aliphatic rings. The van der Waals surface area contributed by atoms with E-state index in [4.69, 9.17) is 0 Å². The fourth-order valence-corrected chi connectivity index (χ4v) is 7.32. The fourth-order valence-electron chi connectivity index (χ4n) is 4.24. The van der Waals surface area contributed by atoms with Gasteiger partial charge < -0.3 is 4.90 Å². The van der Waals surface area contributed by atoms with Crippen molar-refractivity contribution in [2.45, 2.75) is 31.2 Å². The molecule has 0 amide bonds. The Labute approximate surface area is 171 Å². The number of nitrogens with zero attached hydrogens (tertiary/aromatic N) is 5. The van der Waals surface area contributed by atoms with E-state index in [0.717, 1.165) is 17.1 Å². The number of hydrogen-bond donors (Lipinski definition) is 0. The summed E-state index contributed by atoms with van der Waals surface area (Å²) in [6.07, 6.45) is 3.51. The topological polar surface area (TPSA) is 105 Å². The summed E-state index contributed by atoms with van der Waals surface area (Å²) >= 11 is 0. The number of aromatic nitrogens is 3. The predicted octanol–water partition coefficient (Wildman–Crippen LogP) is 0.765. The summed E-state index contributed by atoms with van der Waals surface area (Å²) in [4.78, 5) is 6.26. The highest BCUT2D eigenvalue weighted by atomic mass is 32.2. The zero-order chi connectivity index (χ0) is 20.8. The van der Waals surface area contributed by atoms with Crippen molar-refractivity contribution in [1.82, 2.24) is 19.1 Å². The summed E-state index contributed by atoms with van der Waals surface area (Å²) in [6, 6.07) is 3.05. The molecular weight excluding hydrogens is 414 g/mol. The van der Waals surface area contributed by atoms with Crippen molar-refractivity contribution in [3.8, 4) is 0 Å². The number of pyridine rings is 1. The van der Waals surface area contributed by atoms with Gasteiger partial charge in [-0.3, -0.25) is 9.67 Å². The van der Waals surface area contributed by atoms with Crippen LogP contribution in [0.15, 0.2) is 29.4 Å². The molecule has 0 bridgehead atoms. The molecule has 0 saturated carbocycles. The summed E-state index contributed by atoms with van der Waals surface area (Å²) in [6.45, 7) is 5.73. The van der Waals surface area contributed by atoms with E-state index >= 15 is 0 Å². The quantitative estimate of drug-likeness (QED) is 0.693. The Morgan fingerprint density at radius 2 is 1.86 bits per heavy atom. The Bertz CT molecular complexity index is 1100. The van der Waals surface area contributed by atoms with Gasteiger partial charge in [-0.15, -0.1) is 0 Å². The smallest absolute Gasteiger partial charge is 0.244 e. The van der Waals surface area contributed by atoms with Crippen LogP contribution < -0.4 is 4.90 Å². The van der Waals surface area contributed by atoms with Gasteiger partial charge in [0.2, 0.25) is 10.0 Å². The minimum absolute atomic E-state index is 0.125. The third-order valence-corrected chi connectivity index (χ3v) is 9.30. The van der Waals surface area contributed by atoms with Gasteiger partial charge in [0.25, 0.3) is 0 Å². The summed E-state index contributed by atoms with van der Waals surface area (Å²) in [5, 5.41) is 4.62. The van der Waals surface area contributed by atoms with Crippen LogP contribution in [0.25, 0.3) is 0 Å². The van der Waals surface area contributed by atoms with Crippen LogP contribution in [0.4, 0.5) is 5.69 Å². The van der Waals surface area contributed by atoms with E-state index in [2.05, 4.69) is 15.0 Å². The molecule has 0 spiro atoms. The number of rotatable bonds is 4. The van der Waals surface area contributed by atoms with Crippen molar-refractivity contribution in [3.63, 3.8) is 0 Å². The van der Waals surface area contributed by atoms with Crippen molar-refractivity contribution in [1.29, 1.82) is 0 Å². The van der Waals surface area contributed by atoms with Crippen LogP contribution >= 0.6 is 0 Å². The monoisotopic (exact) mass is 439 g/mol. The summed E-state index contributed by atoms with van der Waals surface area (Å²) in [7, 11) is -6.54. The van der Waals surface area contributed by atoms with Gasteiger partial charge in [-0.05, 0) is 32.4 Å². The van der Waals surface area contributed by atoms with E-state index in [1.54, 1.807) is 18.3 Å². The van der Waals surface area contributed by atoms with Crippen molar-refractivity contribution in [2.24, 2.45) is 0 Å². The molecule has 0 aromatic carbocycles. The van der Waals surface area contributed by atoms with Gasteiger partial charge >= 0.3 is 0 Å². The van der Waals surface area contributed by atoms with E-state index in [-0.39, 0.29) is 22.4 Å². The number of piperazine rings is 1. The predicted molar refractivity (Wildman–Crippen MR) is 109 cm³/mol. The maximum Gasteiger partial charge on any atom is 0.244 e. The summed E-state index contributed by atoms with van der Waals surface area (Å²) in [5.41, 5.74) is 2.76. The second-order valence-electron chi connectivity index (χ2n) is 7.60. The van der Waals surface area contributed by atoms with E-state index in [1.165, 1.54) is 10.5 Å². The number of sulfone groups is 1. The normalized spacial score (nSPS) is 22.8. The van der Waals surface area contributed by atoms with Crippen molar-refractivity contribution >= 4 is 25.5 Å². The minimum atomic E-state index is -3.55. The average Bonchev–Trinajstić information content (AvgIpc) is 3.20. The highest BCUT2D eigenvalue weighted by molar-refractivity contribution is 7.91. The van der Waals surface area contributed by atoms with E-state index in [1.807, 2.05) is 18.5 Å². The Morgan fingerprint density at radius 3 is 2.45 bits per heavy atom. The number of aryl methyl sites for hydroxylation is 1. The van der Waals surface area contributed by atoms with Gasteiger partial charge in [-0.1, -0.05) is 0 Å². The second kappa shape index (κ2) is 7.37. The third kappa shape index (κ3) is 3.78. The fraction of sp³-hybridized carbons (Fsp3) is 0.556. The van der Waals surface area contributed by atoms with Crippen LogP contribution in [-0.4, -0.2) is 73.6 Å². The molecular formula is C18H25N5O4S2. The van der Waals surface area contributed by atoms with Crippen LogP contribution in [0, 0.1) is 13.8 Å². The van der Waals surface area contributed by atoms with Crippen LogP contribution in [0.2, 0.25) is 0 Å². The van der Waals surface area contributed by atoms with Crippen LogP contribution in [0.3, 0.4) is 0 Å². The largest absolute Gasteiger partial charge is 0.366 e. The molecule has 0 N–H and O–H groups in total. The van der Waals surface area contributed by atoms with Gasteiger partial charge in [0.15, 0.2) is 9.84 Å². The Kier molecular flexibility index (Phi) is 5.16. The van der Waals surface area contributed by atoms with Gasteiger partial charge in [0, 0.05) is 38.6 Å². The molecule has 4 heterocycles. The molecule has 2 aromatic heterocycles. The SMILES string of the molecule is Cc1nn([C@H]2CCS(=O)(=O)C2)c(C)c1N1CCN(S(=O)(=O)c2cccnc2)CC1. The van der Waals surface area contributed by atoms with Crippen LogP contribution in [0.1, 0.15) is 23.9 Å². The highest BCUT2D eigenvalue weighted by Crippen LogP contribution is 2.32. The molecule has 0 radical (unpaired) electrons. The lowest BCUT2D eigenvalue weighted by molar-refractivity contribution is 0.384. The first-order valence-electron chi connectivity index (χ1n) is 9.60. The van der Waals surface area contributed by atoms with Crippen LogP contribution in [-0.2, 0) is 19.9 Å². The Balaban J connectivity index is 1.51. The molecule has 2 aromatic rings. The average molecular weight is 440 g/mol. The molecule has 158 valence electrons. The third-order valence-electron chi connectivity index (χ3n) is 5.67. The Hall–Kier alpha value is -1.98. The van der Waals surface area contributed by atoms with E-state index in [9.17, 15) is 16.8 Å². The van der Waals surface area contributed by atoms with Crippen molar-refractivity contribution in [3.05, 3.63) is 35.9 Å². The molecule has 1 atom stereocenters. The van der Waals surface area contributed by atoms with Crippen LogP contribution in [0.5, 0.6) is 0 Å². The summed E-state index contributed by atoms with van der Waals surface area (Å²) < 4.78 is 52.6. The second-order valence-corrected chi connectivity index (χ2v) is 11.8. The molecule has 2 aliphatic heterocycles. The first-order chi connectivity index (χ1) is 13.7. The molecule has 0 aliphatic carbocycles. The highest BCUT2D eigenvalue weighted by Gasteiger charge is 2.34. The van der Waals surface area contributed by atoms with Gasteiger partial charge in [0.05, 0.1) is 34.6 Å². The molecule has 2 saturated heterocycles. The zero-order valence-corrected chi connectivity index (χ0v) is 18.2. The standard InChI is InChI=1S/C18H25N5O4S2/c1-14-18(15(2)23(20-14)16-5-11-28(24,25)13-16)21-7-9-22(10-8-21)29(26,27)17-4-3-6-19-12-17/h3-4,6,12,16H,5,7-11,13H2,1-2H3/t16-/m0/s1. The van der Waals surface area contributed by atoms with Crippen molar-refractivity contribution < 1.29 is 16.8 Å². The number of hydrogen-bond acceptors (Lipinski definition) is 7. The van der Waals surface area contributed by atoms with Gasteiger partial charge in [-0.2, -0.15) is 9.40 Å². The maximum absolute atomic E-state index is 12.8. The first kappa shape index (κ1) is 20.3. The zero-order valence-electron chi connectivity index (χ0n) is 16.5. The molecule has 0 unspecified atom stereocenters. The number of anilines is 1.